The van der Waals surface area contributed by atoms with E-state index in [4.69, 9.17) is 19.3 Å². The minimum atomic E-state index is -1.84. The molecule has 140 valence electrons. The summed E-state index contributed by atoms with van der Waals surface area (Å²) in [6.45, 7) is 2.37. The van der Waals surface area contributed by atoms with Crippen molar-refractivity contribution in [3.05, 3.63) is 0 Å². The van der Waals surface area contributed by atoms with E-state index >= 15 is 0 Å². The second kappa shape index (κ2) is 8.70. The molecule has 1 rings (SSSR count). The Morgan fingerprint density at radius 3 is 2.33 bits per heavy atom. The Hall–Kier alpha value is -1.30. The minimum Gasteiger partial charge on any atom is -0.481 e. The Bertz CT molecular complexity index is 435. The van der Waals surface area contributed by atoms with Gasteiger partial charge in [0.15, 0.2) is 12.4 Å². The molecule has 0 aliphatic carbocycles. The van der Waals surface area contributed by atoms with Gasteiger partial charge in [0.2, 0.25) is 0 Å². The third-order valence-electron chi connectivity index (χ3n) is 3.48. The number of carbonyl (C=O) groups is 2. The van der Waals surface area contributed by atoms with E-state index in [-0.39, 0.29) is 6.61 Å². The fourth-order valence-corrected chi connectivity index (χ4v) is 2.39. The average molecular weight is 352 g/mol. The zero-order chi connectivity index (χ0) is 18.5. The highest BCUT2D eigenvalue weighted by molar-refractivity contribution is 5.74. The van der Waals surface area contributed by atoms with Crippen molar-refractivity contribution in [2.75, 3.05) is 13.2 Å². The highest BCUT2D eigenvalue weighted by Crippen LogP contribution is 2.25. The van der Waals surface area contributed by atoms with Gasteiger partial charge in [-0.25, -0.2) is 0 Å². The molecule has 1 aliphatic heterocycles. The van der Waals surface area contributed by atoms with Crippen LogP contribution in [0.5, 0.6) is 0 Å². The molecule has 0 aromatic rings. The molecule has 0 aromatic heterocycles. The molecule has 5 N–H and O–H groups in total. The SMILES string of the molecule is CCOC1OC(CO)C(OC(=O)CC(C)(O)CC(=O)O)C(O)C1O. The number of rotatable bonds is 8. The highest BCUT2D eigenvalue weighted by Gasteiger charge is 2.47. The number of aliphatic hydroxyl groups is 4. The molecule has 1 fully saturated rings. The number of esters is 1. The molecule has 0 aromatic carbocycles. The maximum Gasteiger partial charge on any atom is 0.309 e. The van der Waals surface area contributed by atoms with Crippen LogP contribution < -0.4 is 0 Å². The van der Waals surface area contributed by atoms with Crippen LogP contribution in [-0.2, 0) is 23.8 Å². The zero-order valence-electron chi connectivity index (χ0n) is 13.5. The lowest BCUT2D eigenvalue weighted by molar-refractivity contribution is -0.302. The Morgan fingerprint density at radius 1 is 1.21 bits per heavy atom. The molecule has 6 unspecified atom stereocenters. The number of carbonyl (C=O) groups excluding carboxylic acids is 1. The largest absolute Gasteiger partial charge is 0.481 e. The van der Waals surface area contributed by atoms with Crippen LogP contribution in [0.25, 0.3) is 0 Å². The molecule has 10 heteroatoms. The summed E-state index contributed by atoms with van der Waals surface area (Å²) in [5.41, 5.74) is -1.84. The average Bonchev–Trinajstić information content (AvgIpc) is 2.44. The first-order chi connectivity index (χ1) is 11.1. The van der Waals surface area contributed by atoms with Gasteiger partial charge in [-0.15, -0.1) is 0 Å². The van der Waals surface area contributed by atoms with E-state index in [1.54, 1.807) is 6.92 Å². The molecule has 24 heavy (non-hydrogen) atoms. The summed E-state index contributed by atoms with van der Waals surface area (Å²) in [5.74, 6) is -2.30. The van der Waals surface area contributed by atoms with E-state index in [9.17, 15) is 30.0 Å². The van der Waals surface area contributed by atoms with Crippen LogP contribution in [0, 0.1) is 0 Å². The summed E-state index contributed by atoms with van der Waals surface area (Å²) < 4.78 is 15.3. The number of carboxylic acids is 1. The van der Waals surface area contributed by atoms with Crippen LogP contribution in [0.3, 0.4) is 0 Å². The molecule has 0 radical (unpaired) electrons. The maximum atomic E-state index is 11.9. The Labute approximate surface area is 138 Å². The zero-order valence-corrected chi connectivity index (χ0v) is 13.5. The van der Waals surface area contributed by atoms with E-state index in [1.807, 2.05) is 0 Å². The summed E-state index contributed by atoms with van der Waals surface area (Å²) in [5, 5.41) is 47.8. The quantitative estimate of drug-likeness (QED) is 0.308. The summed E-state index contributed by atoms with van der Waals surface area (Å²) in [7, 11) is 0. The molecule has 0 saturated carbocycles. The highest BCUT2D eigenvalue weighted by atomic mass is 16.7. The second-order valence-electron chi connectivity index (χ2n) is 5.86. The fourth-order valence-electron chi connectivity index (χ4n) is 2.39. The molecule has 0 amide bonds. The first kappa shape index (κ1) is 20.7. The van der Waals surface area contributed by atoms with Crippen LogP contribution in [0.15, 0.2) is 0 Å². The van der Waals surface area contributed by atoms with Crippen molar-refractivity contribution < 1.29 is 49.3 Å². The Kier molecular flexibility index (Phi) is 7.52. The van der Waals surface area contributed by atoms with Crippen LogP contribution in [0.2, 0.25) is 0 Å². The Morgan fingerprint density at radius 2 is 1.83 bits per heavy atom. The fraction of sp³-hybridized carbons (Fsp3) is 0.857. The predicted molar refractivity (Wildman–Crippen MR) is 76.8 cm³/mol. The Balaban J connectivity index is 2.73. The summed E-state index contributed by atoms with van der Waals surface area (Å²) >= 11 is 0. The monoisotopic (exact) mass is 352 g/mol. The third kappa shape index (κ3) is 5.65. The first-order valence-corrected chi connectivity index (χ1v) is 7.49. The van der Waals surface area contributed by atoms with Crippen LogP contribution in [0.4, 0.5) is 0 Å². The molecule has 1 aliphatic rings. The van der Waals surface area contributed by atoms with E-state index in [0.717, 1.165) is 6.92 Å². The number of carboxylic acid groups (broad SMARTS) is 1. The normalized spacial score (nSPS) is 32.8. The standard InChI is InChI=1S/C14H24O10/c1-3-22-13-11(20)10(19)12(7(6-15)23-13)24-9(18)5-14(2,21)4-8(16)17/h7,10-13,15,19-21H,3-6H2,1-2H3,(H,16,17). The maximum absolute atomic E-state index is 11.9. The number of ether oxygens (including phenoxy) is 3. The van der Waals surface area contributed by atoms with Gasteiger partial charge in [0.1, 0.15) is 18.3 Å². The van der Waals surface area contributed by atoms with Crippen LogP contribution in [0.1, 0.15) is 26.7 Å². The van der Waals surface area contributed by atoms with E-state index < -0.39 is 67.7 Å². The van der Waals surface area contributed by atoms with E-state index in [1.165, 1.54) is 0 Å². The van der Waals surface area contributed by atoms with Crippen molar-refractivity contribution in [1.82, 2.24) is 0 Å². The molecule has 10 nitrogen and oxygen atoms in total. The van der Waals surface area contributed by atoms with Crippen molar-refractivity contribution in [2.24, 2.45) is 0 Å². The van der Waals surface area contributed by atoms with Gasteiger partial charge >= 0.3 is 11.9 Å². The van der Waals surface area contributed by atoms with Gasteiger partial charge in [-0.3, -0.25) is 9.59 Å². The molecule has 6 atom stereocenters. The molecular weight excluding hydrogens is 328 g/mol. The van der Waals surface area contributed by atoms with Gasteiger partial charge in [0.05, 0.1) is 25.0 Å². The summed E-state index contributed by atoms with van der Waals surface area (Å²) in [4.78, 5) is 22.5. The van der Waals surface area contributed by atoms with E-state index in [2.05, 4.69) is 0 Å². The number of hydrogen-bond acceptors (Lipinski definition) is 9. The molecule has 0 bridgehead atoms. The van der Waals surface area contributed by atoms with Crippen molar-refractivity contribution in [2.45, 2.75) is 63.0 Å². The molecule has 0 spiro atoms. The van der Waals surface area contributed by atoms with Crippen molar-refractivity contribution in [3.63, 3.8) is 0 Å². The smallest absolute Gasteiger partial charge is 0.309 e. The number of aliphatic carboxylic acids is 1. The van der Waals surface area contributed by atoms with Gasteiger partial charge < -0.3 is 39.7 Å². The molecular formula is C14H24O10. The molecule has 1 heterocycles. The van der Waals surface area contributed by atoms with Gasteiger partial charge in [-0.1, -0.05) is 0 Å². The predicted octanol–water partition coefficient (Wildman–Crippen LogP) is -2.01. The van der Waals surface area contributed by atoms with Crippen LogP contribution >= 0.6 is 0 Å². The van der Waals surface area contributed by atoms with Gasteiger partial charge in [0.25, 0.3) is 0 Å². The second-order valence-corrected chi connectivity index (χ2v) is 5.86. The van der Waals surface area contributed by atoms with E-state index in [0.29, 0.717) is 0 Å². The number of hydrogen-bond donors (Lipinski definition) is 5. The third-order valence-corrected chi connectivity index (χ3v) is 3.48. The first-order valence-electron chi connectivity index (χ1n) is 7.49. The van der Waals surface area contributed by atoms with Crippen LogP contribution in [-0.4, -0.2) is 87.0 Å². The van der Waals surface area contributed by atoms with Crippen molar-refractivity contribution in [1.29, 1.82) is 0 Å². The van der Waals surface area contributed by atoms with Crippen molar-refractivity contribution >= 4 is 11.9 Å². The van der Waals surface area contributed by atoms with Gasteiger partial charge in [-0.2, -0.15) is 0 Å². The van der Waals surface area contributed by atoms with Gasteiger partial charge in [-0.05, 0) is 13.8 Å². The molecule has 1 saturated heterocycles. The van der Waals surface area contributed by atoms with Gasteiger partial charge in [0, 0.05) is 6.61 Å². The minimum absolute atomic E-state index is 0.190. The summed E-state index contributed by atoms with van der Waals surface area (Å²) in [6.07, 6.45) is -8.14. The number of aliphatic hydroxyl groups excluding tert-OH is 3. The van der Waals surface area contributed by atoms with Crippen molar-refractivity contribution in [3.8, 4) is 0 Å². The lowest BCUT2D eigenvalue weighted by Crippen LogP contribution is -2.60. The summed E-state index contributed by atoms with van der Waals surface area (Å²) in [6, 6.07) is 0. The lowest BCUT2D eigenvalue weighted by atomic mass is 9.97. The lowest BCUT2D eigenvalue weighted by Gasteiger charge is -2.41. The topological polar surface area (TPSA) is 163 Å².